The van der Waals surface area contributed by atoms with E-state index >= 15 is 0 Å². The maximum atomic E-state index is 13.3. The van der Waals surface area contributed by atoms with Gasteiger partial charge in [-0.2, -0.15) is 18.3 Å². The first-order chi connectivity index (χ1) is 9.88. The zero-order valence-electron chi connectivity index (χ0n) is 10.5. The molecule has 0 aliphatic rings. The van der Waals surface area contributed by atoms with E-state index in [1.165, 1.54) is 18.2 Å². The van der Waals surface area contributed by atoms with Gasteiger partial charge in [0.15, 0.2) is 0 Å². The second-order valence-corrected chi connectivity index (χ2v) is 4.49. The average Bonchev–Trinajstić information content (AvgIpc) is 2.41. The largest absolute Gasteiger partial charge is 0.416 e. The van der Waals surface area contributed by atoms with Crippen LogP contribution in [0.25, 0.3) is 0 Å². The minimum atomic E-state index is -4.48. The van der Waals surface area contributed by atoms with E-state index in [1.54, 1.807) is 6.07 Å². The number of nitrogens with zero attached hydrogens (tertiary/aromatic N) is 1. The molecule has 0 saturated heterocycles. The van der Waals surface area contributed by atoms with Gasteiger partial charge in [0.05, 0.1) is 22.5 Å². The molecule has 0 aliphatic carbocycles. The Balaban J connectivity index is 2.18. The Morgan fingerprint density at radius 2 is 1.81 bits per heavy atom. The summed E-state index contributed by atoms with van der Waals surface area (Å²) in [5.74, 6) is -0.488. The minimum Gasteiger partial charge on any atom is -0.277 e. The standard InChI is InChI=1S/C14H9ClF4N2/c15-11-6-5-10(14(17,18)19)7-13(11)21-20-8-9-3-1-2-4-12(9)16/h1-8,21H/b20-8-. The fraction of sp³-hybridized carbons (Fsp3) is 0.0714. The third kappa shape index (κ3) is 3.95. The van der Waals surface area contributed by atoms with Crippen LogP contribution in [0.4, 0.5) is 23.2 Å². The van der Waals surface area contributed by atoms with Crippen molar-refractivity contribution in [3.05, 3.63) is 64.4 Å². The molecule has 2 rings (SSSR count). The van der Waals surface area contributed by atoms with Crippen molar-refractivity contribution in [2.45, 2.75) is 6.18 Å². The Labute approximate surface area is 123 Å². The lowest BCUT2D eigenvalue weighted by molar-refractivity contribution is -0.137. The third-order valence-electron chi connectivity index (χ3n) is 2.59. The minimum absolute atomic E-state index is 0.0147. The van der Waals surface area contributed by atoms with Crippen LogP contribution in [0, 0.1) is 5.82 Å². The molecule has 0 heterocycles. The van der Waals surface area contributed by atoms with Crippen molar-refractivity contribution < 1.29 is 17.6 Å². The molecule has 2 aromatic rings. The molecule has 0 spiro atoms. The second-order valence-electron chi connectivity index (χ2n) is 4.08. The van der Waals surface area contributed by atoms with Crippen molar-refractivity contribution in [1.29, 1.82) is 0 Å². The topological polar surface area (TPSA) is 24.4 Å². The summed E-state index contributed by atoms with van der Waals surface area (Å²) < 4.78 is 51.1. The summed E-state index contributed by atoms with van der Waals surface area (Å²) in [6.07, 6.45) is -3.32. The molecule has 2 nitrogen and oxygen atoms in total. The van der Waals surface area contributed by atoms with Crippen molar-refractivity contribution in [2.75, 3.05) is 5.43 Å². The number of hydrogen-bond donors (Lipinski definition) is 1. The number of hydrazone groups is 1. The summed E-state index contributed by atoms with van der Waals surface area (Å²) in [6.45, 7) is 0. The van der Waals surface area contributed by atoms with Gasteiger partial charge in [0.1, 0.15) is 5.82 Å². The molecule has 0 aliphatic heterocycles. The van der Waals surface area contributed by atoms with Crippen molar-refractivity contribution in [2.24, 2.45) is 5.10 Å². The fourth-order valence-corrected chi connectivity index (χ4v) is 1.70. The van der Waals surface area contributed by atoms with Crippen LogP contribution in [0.5, 0.6) is 0 Å². The van der Waals surface area contributed by atoms with Gasteiger partial charge in [-0.1, -0.05) is 29.8 Å². The SMILES string of the molecule is Fc1ccccc1/C=N\Nc1cc(C(F)(F)F)ccc1Cl. The van der Waals surface area contributed by atoms with E-state index in [-0.39, 0.29) is 16.3 Å². The van der Waals surface area contributed by atoms with Crippen molar-refractivity contribution in [3.8, 4) is 0 Å². The maximum Gasteiger partial charge on any atom is 0.416 e. The van der Waals surface area contributed by atoms with Crippen LogP contribution in [-0.4, -0.2) is 6.21 Å². The van der Waals surface area contributed by atoms with E-state index in [4.69, 9.17) is 11.6 Å². The summed E-state index contributed by atoms with van der Waals surface area (Å²) in [4.78, 5) is 0. The Morgan fingerprint density at radius 1 is 1.10 bits per heavy atom. The number of alkyl halides is 3. The van der Waals surface area contributed by atoms with Crippen LogP contribution in [0.1, 0.15) is 11.1 Å². The van der Waals surface area contributed by atoms with Crippen LogP contribution in [0.2, 0.25) is 5.02 Å². The molecule has 0 radical (unpaired) electrons. The zero-order valence-corrected chi connectivity index (χ0v) is 11.2. The molecule has 0 atom stereocenters. The molecule has 2 aromatic carbocycles. The predicted molar refractivity (Wildman–Crippen MR) is 74.1 cm³/mol. The summed E-state index contributed by atoms with van der Waals surface area (Å²) >= 11 is 5.78. The quantitative estimate of drug-likeness (QED) is 0.484. The van der Waals surface area contributed by atoms with Crippen LogP contribution >= 0.6 is 11.6 Å². The molecule has 1 N–H and O–H groups in total. The van der Waals surface area contributed by atoms with Gasteiger partial charge in [0.2, 0.25) is 0 Å². The van der Waals surface area contributed by atoms with Crippen LogP contribution in [-0.2, 0) is 6.18 Å². The van der Waals surface area contributed by atoms with Gasteiger partial charge in [-0.05, 0) is 24.3 Å². The molecule has 0 unspecified atom stereocenters. The zero-order chi connectivity index (χ0) is 15.5. The average molecular weight is 317 g/mol. The Hall–Kier alpha value is -2.08. The first-order valence-corrected chi connectivity index (χ1v) is 6.16. The molecule has 0 bridgehead atoms. The molecular weight excluding hydrogens is 308 g/mol. The fourth-order valence-electron chi connectivity index (χ4n) is 1.54. The van der Waals surface area contributed by atoms with Crippen LogP contribution in [0.15, 0.2) is 47.6 Å². The molecule has 0 aromatic heterocycles. The first kappa shape index (κ1) is 15.3. The Bertz CT molecular complexity index is 668. The number of benzene rings is 2. The monoisotopic (exact) mass is 316 g/mol. The normalized spacial score (nSPS) is 11.9. The van der Waals surface area contributed by atoms with Gasteiger partial charge in [-0.15, -0.1) is 0 Å². The van der Waals surface area contributed by atoms with E-state index in [0.29, 0.717) is 0 Å². The first-order valence-electron chi connectivity index (χ1n) is 5.78. The van der Waals surface area contributed by atoms with Crippen molar-refractivity contribution in [3.63, 3.8) is 0 Å². The van der Waals surface area contributed by atoms with Crippen LogP contribution in [0.3, 0.4) is 0 Å². The lowest BCUT2D eigenvalue weighted by Crippen LogP contribution is -2.05. The van der Waals surface area contributed by atoms with Gasteiger partial charge in [0.25, 0.3) is 0 Å². The predicted octanol–water partition coefficient (Wildman–Crippen LogP) is 4.94. The molecular formula is C14H9ClF4N2. The summed E-state index contributed by atoms with van der Waals surface area (Å²) in [7, 11) is 0. The summed E-state index contributed by atoms with van der Waals surface area (Å²) in [5.41, 5.74) is 1.71. The molecule has 7 heteroatoms. The third-order valence-corrected chi connectivity index (χ3v) is 2.92. The van der Waals surface area contributed by atoms with Gasteiger partial charge in [0, 0.05) is 5.56 Å². The van der Waals surface area contributed by atoms with E-state index in [0.717, 1.165) is 24.4 Å². The van der Waals surface area contributed by atoms with Gasteiger partial charge in [-0.25, -0.2) is 4.39 Å². The van der Waals surface area contributed by atoms with Crippen molar-refractivity contribution >= 4 is 23.5 Å². The number of nitrogens with one attached hydrogen (secondary N) is 1. The second kappa shape index (κ2) is 6.13. The van der Waals surface area contributed by atoms with Crippen LogP contribution < -0.4 is 5.43 Å². The highest BCUT2D eigenvalue weighted by atomic mass is 35.5. The van der Waals surface area contributed by atoms with Gasteiger partial charge in [-0.3, -0.25) is 5.43 Å². The van der Waals surface area contributed by atoms with Crippen molar-refractivity contribution in [1.82, 2.24) is 0 Å². The summed E-state index contributed by atoms with van der Waals surface area (Å²) in [6, 6.07) is 8.68. The summed E-state index contributed by atoms with van der Waals surface area (Å²) in [5, 5.41) is 3.77. The number of hydrogen-bond acceptors (Lipinski definition) is 2. The molecule has 110 valence electrons. The maximum absolute atomic E-state index is 13.3. The highest BCUT2D eigenvalue weighted by Crippen LogP contribution is 2.33. The highest BCUT2D eigenvalue weighted by Gasteiger charge is 2.30. The molecule has 0 amide bonds. The number of rotatable bonds is 3. The molecule has 0 saturated carbocycles. The van der Waals surface area contributed by atoms with E-state index < -0.39 is 17.6 Å². The molecule has 21 heavy (non-hydrogen) atoms. The smallest absolute Gasteiger partial charge is 0.277 e. The van der Waals surface area contributed by atoms with E-state index in [9.17, 15) is 17.6 Å². The van der Waals surface area contributed by atoms with E-state index in [2.05, 4.69) is 10.5 Å². The Morgan fingerprint density at radius 3 is 2.48 bits per heavy atom. The highest BCUT2D eigenvalue weighted by molar-refractivity contribution is 6.33. The number of anilines is 1. The van der Waals surface area contributed by atoms with E-state index in [1.807, 2.05) is 0 Å². The molecule has 0 fully saturated rings. The van der Waals surface area contributed by atoms with Gasteiger partial charge >= 0.3 is 6.18 Å². The lowest BCUT2D eigenvalue weighted by atomic mass is 10.2. The lowest BCUT2D eigenvalue weighted by Gasteiger charge is -2.09. The number of halogens is 5. The van der Waals surface area contributed by atoms with Gasteiger partial charge < -0.3 is 0 Å². The Kier molecular flexibility index (Phi) is 4.47.